The minimum absolute atomic E-state index is 0.390. The Morgan fingerprint density at radius 3 is 1.42 bits per heavy atom. The van der Waals surface area contributed by atoms with Crippen molar-refractivity contribution < 1.29 is 19.1 Å². The molecule has 0 aliphatic rings. The Kier molecular flexibility index (Phi) is 11.0. The Bertz CT molecular complexity index is 788. The Morgan fingerprint density at radius 2 is 1.00 bits per heavy atom. The zero-order chi connectivity index (χ0) is 22.3. The zero-order valence-corrected chi connectivity index (χ0v) is 18.6. The molecule has 2 aromatic rings. The lowest BCUT2D eigenvalue weighted by Crippen LogP contribution is -2.41. The highest BCUT2D eigenvalue weighted by molar-refractivity contribution is 5.99. The van der Waals surface area contributed by atoms with E-state index < -0.39 is 11.8 Å². The maximum Gasteiger partial charge on any atom is 0.269 e. The first kappa shape index (κ1) is 24.3. The molecule has 2 rings (SSSR count). The second-order valence-corrected chi connectivity index (χ2v) is 7.42. The Labute approximate surface area is 185 Å². The lowest BCUT2D eigenvalue weighted by molar-refractivity contribution is 0.0846. The van der Waals surface area contributed by atoms with E-state index in [2.05, 4.69) is 24.7 Å². The van der Waals surface area contributed by atoms with Crippen LogP contribution in [0.3, 0.4) is 0 Å². The van der Waals surface area contributed by atoms with Crippen LogP contribution in [0.4, 0.5) is 0 Å². The van der Waals surface area contributed by atoms with Crippen molar-refractivity contribution in [1.29, 1.82) is 0 Å². The van der Waals surface area contributed by atoms with Crippen molar-refractivity contribution in [3.63, 3.8) is 0 Å². The standard InChI is InChI=1S/C25H34N2O4/c1-3-5-7-9-19-31-23-16-12-21(13-17-23)25(29)27-26-24(28)20-10-14-22(15-11-20)30-18-8-6-4-2/h10-17H,3-9,18-19H2,1-2H3,(H,26,28)(H,27,29). The molecule has 0 saturated carbocycles. The summed E-state index contributed by atoms with van der Waals surface area (Å²) in [5.41, 5.74) is 5.75. The monoisotopic (exact) mass is 426 g/mol. The zero-order valence-electron chi connectivity index (χ0n) is 18.6. The van der Waals surface area contributed by atoms with Gasteiger partial charge in [0, 0.05) is 11.1 Å². The molecule has 0 saturated heterocycles. The maximum atomic E-state index is 12.3. The van der Waals surface area contributed by atoms with Crippen molar-refractivity contribution in [3.05, 3.63) is 59.7 Å². The van der Waals surface area contributed by atoms with Gasteiger partial charge in [0.2, 0.25) is 0 Å². The number of hydrazine groups is 1. The topological polar surface area (TPSA) is 76.7 Å². The number of nitrogens with one attached hydrogen (secondary N) is 2. The molecule has 0 fully saturated rings. The lowest BCUT2D eigenvalue weighted by atomic mass is 10.2. The summed E-state index contributed by atoms with van der Waals surface area (Å²) in [5.74, 6) is 0.676. The predicted molar refractivity (Wildman–Crippen MR) is 122 cm³/mol. The van der Waals surface area contributed by atoms with Crippen LogP contribution in [0.25, 0.3) is 0 Å². The highest BCUT2D eigenvalue weighted by atomic mass is 16.5. The minimum atomic E-state index is -0.391. The van der Waals surface area contributed by atoms with Crippen molar-refractivity contribution in [2.45, 2.75) is 58.8 Å². The van der Waals surface area contributed by atoms with E-state index in [1.165, 1.54) is 12.8 Å². The first-order valence-electron chi connectivity index (χ1n) is 11.2. The van der Waals surface area contributed by atoms with Gasteiger partial charge in [0.1, 0.15) is 11.5 Å². The first-order valence-corrected chi connectivity index (χ1v) is 11.2. The number of unbranched alkanes of at least 4 members (excludes halogenated alkanes) is 5. The van der Waals surface area contributed by atoms with Crippen LogP contribution in [-0.2, 0) is 0 Å². The Hall–Kier alpha value is -3.02. The third-order valence-electron chi connectivity index (χ3n) is 4.81. The van der Waals surface area contributed by atoms with E-state index in [0.717, 1.165) is 43.6 Å². The van der Waals surface area contributed by atoms with Crippen molar-refractivity contribution in [3.8, 4) is 11.5 Å². The van der Waals surface area contributed by atoms with Gasteiger partial charge in [-0.1, -0.05) is 46.0 Å². The first-order chi connectivity index (χ1) is 15.1. The van der Waals surface area contributed by atoms with E-state index in [1.807, 2.05) is 0 Å². The Morgan fingerprint density at radius 1 is 0.613 bits per heavy atom. The van der Waals surface area contributed by atoms with Gasteiger partial charge >= 0.3 is 0 Å². The van der Waals surface area contributed by atoms with Crippen LogP contribution in [0.2, 0.25) is 0 Å². The minimum Gasteiger partial charge on any atom is -0.494 e. The summed E-state index contributed by atoms with van der Waals surface area (Å²) in [4.78, 5) is 24.5. The maximum absolute atomic E-state index is 12.3. The predicted octanol–water partition coefficient (Wildman–Crippen LogP) is 5.29. The van der Waals surface area contributed by atoms with Crippen molar-refractivity contribution in [2.24, 2.45) is 0 Å². The molecule has 0 radical (unpaired) electrons. The van der Waals surface area contributed by atoms with Gasteiger partial charge in [0.05, 0.1) is 13.2 Å². The lowest BCUT2D eigenvalue weighted by Gasteiger charge is -2.10. The molecule has 0 aliphatic heterocycles. The van der Waals surface area contributed by atoms with Gasteiger partial charge in [0.25, 0.3) is 11.8 Å². The van der Waals surface area contributed by atoms with E-state index in [0.29, 0.717) is 24.3 Å². The van der Waals surface area contributed by atoms with Gasteiger partial charge in [-0.05, 0) is 61.4 Å². The fourth-order valence-electron chi connectivity index (χ4n) is 2.92. The normalized spacial score (nSPS) is 10.4. The molecule has 0 spiro atoms. The molecule has 0 unspecified atom stereocenters. The van der Waals surface area contributed by atoms with Crippen LogP contribution in [0, 0.1) is 0 Å². The van der Waals surface area contributed by atoms with Crippen LogP contribution in [0.15, 0.2) is 48.5 Å². The molecular formula is C25H34N2O4. The van der Waals surface area contributed by atoms with Crippen LogP contribution in [-0.4, -0.2) is 25.0 Å². The van der Waals surface area contributed by atoms with Gasteiger partial charge in [-0.2, -0.15) is 0 Å². The fraction of sp³-hybridized carbons (Fsp3) is 0.440. The number of carbonyl (C=O) groups excluding carboxylic acids is 2. The molecule has 0 bridgehead atoms. The largest absolute Gasteiger partial charge is 0.494 e. The molecule has 168 valence electrons. The van der Waals surface area contributed by atoms with Crippen molar-refractivity contribution in [2.75, 3.05) is 13.2 Å². The molecule has 0 aliphatic carbocycles. The summed E-state index contributed by atoms with van der Waals surface area (Å²) in [7, 11) is 0. The van der Waals surface area contributed by atoms with Crippen LogP contribution in [0.1, 0.15) is 79.5 Å². The molecule has 2 aromatic carbocycles. The quantitative estimate of drug-likeness (QED) is 0.337. The Balaban J connectivity index is 1.74. The summed E-state index contributed by atoms with van der Waals surface area (Å²) >= 11 is 0. The summed E-state index contributed by atoms with van der Waals surface area (Å²) in [6.07, 6.45) is 7.88. The van der Waals surface area contributed by atoms with Crippen LogP contribution < -0.4 is 20.3 Å². The van der Waals surface area contributed by atoms with E-state index in [1.54, 1.807) is 48.5 Å². The average Bonchev–Trinajstić information content (AvgIpc) is 2.81. The van der Waals surface area contributed by atoms with E-state index in [9.17, 15) is 9.59 Å². The van der Waals surface area contributed by atoms with Crippen LogP contribution in [0.5, 0.6) is 11.5 Å². The molecule has 2 amide bonds. The smallest absolute Gasteiger partial charge is 0.269 e. The van der Waals surface area contributed by atoms with E-state index in [4.69, 9.17) is 9.47 Å². The van der Waals surface area contributed by atoms with Gasteiger partial charge in [-0.25, -0.2) is 0 Å². The van der Waals surface area contributed by atoms with Crippen molar-refractivity contribution in [1.82, 2.24) is 10.9 Å². The number of benzene rings is 2. The van der Waals surface area contributed by atoms with Gasteiger partial charge in [-0.3, -0.25) is 20.4 Å². The number of hydrogen-bond donors (Lipinski definition) is 2. The van der Waals surface area contributed by atoms with Gasteiger partial charge in [0.15, 0.2) is 0 Å². The number of rotatable bonds is 13. The van der Waals surface area contributed by atoms with Crippen molar-refractivity contribution >= 4 is 11.8 Å². The summed E-state index contributed by atoms with van der Waals surface area (Å²) in [5, 5.41) is 0. The SMILES string of the molecule is CCCCCCOc1ccc(C(=O)NNC(=O)c2ccc(OCCCCC)cc2)cc1. The highest BCUT2D eigenvalue weighted by Gasteiger charge is 2.09. The van der Waals surface area contributed by atoms with E-state index >= 15 is 0 Å². The summed E-state index contributed by atoms with van der Waals surface area (Å²) in [6.45, 7) is 5.66. The second kappa shape index (κ2) is 14.1. The third-order valence-corrected chi connectivity index (χ3v) is 4.81. The number of amides is 2. The number of carbonyl (C=O) groups is 2. The third kappa shape index (κ3) is 9.11. The number of ether oxygens (including phenoxy) is 2. The molecule has 31 heavy (non-hydrogen) atoms. The molecule has 0 atom stereocenters. The summed E-state index contributed by atoms with van der Waals surface area (Å²) < 4.78 is 11.3. The second-order valence-electron chi connectivity index (χ2n) is 7.42. The average molecular weight is 427 g/mol. The molecular weight excluding hydrogens is 392 g/mol. The highest BCUT2D eigenvalue weighted by Crippen LogP contribution is 2.14. The molecule has 6 heteroatoms. The van der Waals surface area contributed by atoms with Gasteiger partial charge in [-0.15, -0.1) is 0 Å². The van der Waals surface area contributed by atoms with E-state index in [-0.39, 0.29) is 0 Å². The van der Waals surface area contributed by atoms with Gasteiger partial charge < -0.3 is 9.47 Å². The molecule has 0 heterocycles. The molecule has 0 aromatic heterocycles. The fourth-order valence-corrected chi connectivity index (χ4v) is 2.92. The molecule has 2 N–H and O–H groups in total. The number of hydrogen-bond acceptors (Lipinski definition) is 4. The molecule has 6 nitrogen and oxygen atoms in total. The summed E-state index contributed by atoms with van der Waals surface area (Å²) in [6, 6.07) is 13.7. The van der Waals surface area contributed by atoms with Crippen LogP contribution >= 0.6 is 0 Å².